The SMILES string of the molecule is Cc1oncc1NCc1ccc(Br)s1. The van der Waals surface area contributed by atoms with Crippen molar-refractivity contribution in [2.75, 3.05) is 5.32 Å². The number of aryl methyl sites for hydroxylation is 1. The average Bonchev–Trinajstić information content (AvgIpc) is 2.72. The van der Waals surface area contributed by atoms with E-state index >= 15 is 0 Å². The van der Waals surface area contributed by atoms with E-state index in [1.54, 1.807) is 17.5 Å². The number of nitrogens with one attached hydrogen (secondary N) is 1. The Kier molecular flexibility index (Phi) is 2.88. The van der Waals surface area contributed by atoms with Gasteiger partial charge in [-0.2, -0.15) is 0 Å². The van der Waals surface area contributed by atoms with Gasteiger partial charge in [0.2, 0.25) is 0 Å². The summed E-state index contributed by atoms with van der Waals surface area (Å²) in [5, 5.41) is 6.95. The molecular weight excluding hydrogens is 264 g/mol. The molecule has 0 aliphatic carbocycles. The van der Waals surface area contributed by atoms with Gasteiger partial charge in [-0.05, 0) is 35.0 Å². The molecule has 0 fully saturated rings. The van der Waals surface area contributed by atoms with Crippen LogP contribution in [0.4, 0.5) is 5.69 Å². The Bertz CT molecular complexity index is 424. The molecule has 0 amide bonds. The van der Waals surface area contributed by atoms with Crippen molar-refractivity contribution < 1.29 is 4.52 Å². The molecule has 0 aliphatic heterocycles. The zero-order chi connectivity index (χ0) is 9.97. The van der Waals surface area contributed by atoms with E-state index in [4.69, 9.17) is 4.52 Å². The minimum atomic E-state index is 0.804. The van der Waals surface area contributed by atoms with Gasteiger partial charge in [-0.1, -0.05) is 5.16 Å². The van der Waals surface area contributed by atoms with Crippen molar-refractivity contribution in [1.29, 1.82) is 0 Å². The highest BCUT2D eigenvalue weighted by molar-refractivity contribution is 9.11. The second kappa shape index (κ2) is 4.14. The number of rotatable bonds is 3. The highest BCUT2D eigenvalue weighted by atomic mass is 79.9. The lowest BCUT2D eigenvalue weighted by atomic mass is 10.4. The van der Waals surface area contributed by atoms with Gasteiger partial charge in [0.05, 0.1) is 15.7 Å². The number of halogens is 1. The highest BCUT2D eigenvalue weighted by Gasteiger charge is 2.02. The topological polar surface area (TPSA) is 38.1 Å². The van der Waals surface area contributed by atoms with E-state index in [2.05, 4.69) is 32.5 Å². The monoisotopic (exact) mass is 272 g/mol. The van der Waals surface area contributed by atoms with Gasteiger partial charge >= 0.3 is 0 Å². The molecule has 0 spiro atoms. The predicted molar refractivity (Wildman–Crippen MR) is 60.6 cm³/mol. The predicted octanol–water partition coefficient (Wildman–Crippen LogP) is 3.42. The fourth-order valence-electron chi connectivity index (χ4n) is 1.10. The standard InChI is InChI=1S/C9H9BrN2OS/c1-6-8(5-12-13-6)11-4-7-2-3-9(10)14-7/h2-3,5,11H,4H2,1H3. The normalized spacial score (nSPS) is 10.4. The third-order valence-electron chi connectivity index (χ3n) is 1.83. The zero-order valence-corrected chi connectivity index (χ0v) is 9.98. The van der Waals surface area contributed by atoms with Crippen LogP contribution < -0.4 is 5.32 Å². The molecule has 0 aliphatic rings. The number of hydrogen-bond donors (Lipinski definition) is 1. The fourth-order valence-corrected chi connectivity index (χ4v) is 2.52. The zero-order valence-electron chi connectivity index (χ0n) is 7.58. The van der Waals surface area contributed by atoms with E-state index in [1.165, 1.54) is 4.88 Å². The largest absolute Gasteiger partial charge is 0.376 e. The summed E-state index contributed by atoms with van der Waals surface area (Å²) in [6.07, 6.45) is 1.69. The minimum absolute atomic E-state index is 0.804. The van der Waals surface area contributed by atoms with Gasteiger partial charge in [-0.15, -0.1) is 11.3 Å². The molecule has 2 aromatic heterocycles. The number of aromatic nitrogens is 1. The van der Waals surface area contributed by atoms with Crippen molar-refractivity contribution in [2.45, 2.75) is 13.5 Å². The number of nitrogens with zero attached hydrogens (tertiary/aromatic N) is 1. The molecule has 0 bridgehead atoms. The lowest BCUT2D eigenvalue weighted by molar-refractivity contribution is 0.398. The smallest absolute Gasteiger partial charge is 0.156 e. The molecule has 74 valence electrons. The summed E-state index contributed by atoms with van der Waals surface area (Å²) in [4.78, 5) is 1.28. The lowest BCUT2D eigenvalue weighted by Gasteiger charge is -2.00. The van der Waals surface area contributed by atoms with Crippen LogP contribution in [0.1, 0.15) is 10.6 Å². The quantitative estimate of drug-likeness (QED) is 0.931. The van der Waals surface area contributed by atoms with Crippen LogP contribution in [0.3, 0.4) is 0 Å². The molecule has 2 rings (SSSR count). The van der Waals surface area contributed by atoms with E-state index in [1.807, 2.05) is 13.0 Å². The van der Waals surface area contributed by atoms with Crippen molar-refractivity contribution in [2.24, 2.45) is 0 Å². The second-order valence-corrected chi connectivity index (χ2v) is 5.40. The van der Waals surface area contributed by atoms with Crippen LogP contribution in [0.25, 0.3) is 0 Å². The van der Waals surface area contributed by atoms with Crippen molar-refractivity contribution >= 4 is 33.0 Å². The van der Waals surface area contributed by atoms with Crippen molar-refractivity contribution in [3.05, 3.63) is 32.8 Å². The maximum atomic E-state index is 4.94. The van der Waals surface area contributed by atoms with Crippen molar-refractivity contribution in [3.63, 3.8) is 0 Å². The third-order valence-corrected chi connectivity index (χ3v) is 3.46. The molecule has 14 heavy (non-hydrogen) atoms. The molecule has 0 unspecified atom stereocenters. The maximum Gasteiger partial charge on any atom is 0.156 e. The summed E-state index contributed by atoms with van der Waals surface area (Å²) >= 11 is 5.14. The van der Waals surface area contributed by atoms with Gasteiger partial charge in [0.1, 0.15) is 0 Å². The van der Waals surface area contributed by atoms with Gasteiger partial charge in [-0.25, -0.2) is 0 Å². The van der Waals surface area contributed by atoms with Crippen molar-refractivity contribution in [1.82, 2.24) is 5.16 Å². The Morgan fingerprint density at radius 1 is 1.57 bits per heavy atom. The van der Waals surface area contributed by atoms with Gasteiger partial charge in [-0.3, -0.25) is 0 Å². The first-order valence-electron chi connectivity index (χ1n) is 4.15. The maximum absolute atomic E-state index is 4.94. The Balaban J connectivity index is 1.98. The summed E-state index contributed by atoms with van der Waals surface area (Å²) < 4.78 is 6.09. The molecule has 3 nitrogen and oxygen atoms in total. The molecule has 0 saturated heterocycles. The summed E-state index contributed by atoms with van der Waals surface area (Å²) in [7, 11) is 0. The van der Waals surface area contributed by atoms with Crippen LogP contribution in [-0.4, -0.2) is 5.16 Å². The molecule has 2 aromatic rings. The first-order valence-corrected chi connectivity index (χ1v) is 5.76. The molecule has 0 saturated carbocycles. The Morgan fingerprint density at radius 2 is 2.43 bits per heavy atom. The van der Waals surface area contributed by atoms with E-state index in [9.17, 15) is 0 Å². The van der Waals surface area contributed by atoms with Crippen LogP contribution in [-0.2, 0) is 6.54 Å². The Morgan fingerprint density at radius 3 is 3.00 bits per heavy atom. The highest BCUT2D eigenvalue weighted by Crippen LogP contribution is 2.23. The van der Waals surface area contributed by atoms with Crippen LogP contribution in [0.5, 0.6) is 0 Å². The van der Waals surface area contributed by atoms with E-state index in [0.717, 1.165) is 21.8 Å². The molecule has 2 heterocycles. The molecule has 0 atom stereocenters. The number of anilines is 1. The first kappa shape index (κ1) is 9.73. The average molecular weight is 273 g/mol. The van der Waals surface area contributed by atoms with Gasteiger partial charge in [0, 0.05) is 11.4 Å². The van der Waals surface area contributed by atoms with Crippen LogP contribution in [0, 0.1) is 6.92 Å². The Hall–Kier alpha value is -0.810. The minimum Gasteiger partial charge on any atom is -0.376 e. The van der Waals surface area contributed by atoms with Crippen LogP contribution >= 0.6 is 27.3 Å². The van der Waals surface area contributed by atoms with Gasteiger partial charge in [0.25, 0.3) is 0 Å². The summed E-state index contributed by atoms with van der Waals surface area (Å²) in [6, 6.07) is 4.13. The Labute approximate surface area is 94.2 Å². The summed E-state index contributed by atoms with van der Waals surface area (Å²) in [5.41, 5.74) is 0.953. The van der Waals surface area contributed by atoms with Gasteiger partial charge < -0.3 is 9.84 Å². The van der Waals surface area contributed by atoms with E-state index in [0.29, 0.717) is 0 Å². The third kappa shape index (κ3) is 2.16. The summed E-state index contributed by atoms with van der Waals surface area (Å²) in [6.45, 7) is 2.69. The molecule has 0 aromatic carbocycles. The second-order valence-electron chi connectivity index (χ2n) is 2.86. The van der Waals surface area contributed by atoms with Gasteiger partial charge in [0.15, 0.2) is 5.76 Å². The first-order chi connectivity index (χ1) is 6.75. The molecule has 5 heteroatoms. The number of hydrogen-bond acceptors (Lipinski definition) is 4. The molecular formula is C9H9BrN2OS. The van der Waals surface area contributed by atoms with E-state index < -0.39 is 0 Å². The molecule has 1 N–H and O–H groups in total. The van der Waals surface area contributed by atoms with Crippen LogP contribution in [0.2, 0.25) is 0 Å². The lowest BCUT2D eigenvalue weighted by Crippen LogP contribution is -1.96. The van der Waals surface area contributed by atoms with E-state index in [-0.39, 0.29) is 0 Å². The molecule has 0 radical (unpaired) electrons. The number of thiophene rings is 1. The summed E-state index contributed by atoms with van der Waals surface area (Å²) in [5.74, 6) is 0.820. The van der Waals surface area contributed by atoms with Crippen LogP contribution in [0.15, 0.2) is 26.6 Å². The fraction of sp³-hybridized carbons (Fsp3) is 0.222. The van der Waals surface area contributed by atoms with Crippen molar-refractivity contribution in [3.8, 4) is 0 Å².